The smallest absolute Gasteiger partial charge is 0.240 e. The Morgan fingerprint density at radius 3 is 2.09 bits per heavy atom. The Hall–Kier alpha value is -3.08. The van der Waals surface area contributed by atoms with Crippen molar-refractivity contribution in [3.8, 4) is 22.6 Å². The molecule has 0 amide bonds. The van der Waals surface area contributed by atoms with Crippen molar-refractivity contribution in [2.45, 2.75) is 17.4 Å². The number of hydrogen-bond acceptors (Lipinski definition) is 5. The minimum atomic E-state index is -3.90. The van der Waals surface area contributed by atoms with Gasteiger partial charge in [0, 0.05) is 18.7 Å². The van der Waals surface area contributed by atoms with Crippen LogP contribution in [0.2, 0.25) is 0 Å². The quantitative estimate of drug-likeness (QED) is 0.457. The van der Waals surface area contributed by atoms with Gasteiger partial charge in [0.15, 0.2) is 23.1 Å². The normalized spacial score (nSPS) is 12.4. The largest absolute Gasteiger partial charge is 0.493 e. The number of ether oxygens (including phenoxy) is 2. The number of nitrogens with two attached hydrogens (primary N) is 1. The van der Waals surface area contributed by atoms with Crippen LogP contribution in [0.4, 0.5) is 13.2 Å². The molecule has 3 N–H and O–H groups in total. The van der Waals surface area contributed by atoms with E-state index < -0.39 is 33.5 Å². The van der Waals surface area contributed by atoms with Crippen molar-refractivity contribution in [2.24, 2.45) is 5.73 Å². The first-order valence-corrected chi connectivity index (χ1v) is 11.3. The van der Waals surface area contributed by atoms with E-state index in [0.717, 1.165) is 11.1 Å². The molecule has 0 radical (unpaired) electrons. The fourth-order valence-electron chi connectivity index (χ4n) is 3.22. The molecule has 0 bridgehead atoms. The molecule has 10 heteroatoms. The van der Waals surface area contributed by atoms with E-state index in [4.69, 9.17) is 15.2 Å². The van der Waals surface area contributed by atoms with Gasteiger partial charge < -0.3 is 15.2 Å². The van der Waals surface area contributed by atoms with E-state index >= 15 is 0 Å². The maximum Gasteiger partial charge on any atom is 0.240 e. The average Bonchev–Trinajstić information content (AvgIpc) is 2.81. The number of hydrogen-bond donors (Lipinski definition) is 2. The number of halogens is 3. The molecule has 0 saturated carbocycles. The van der Waals surface area contributed by atoms with Crippen LogP contribution < -0.4 is 19.9 Å². The first-order valence-electron chi connectivity index (χ1n) is 9.85. The van der Waals surface area contributed by atoms with Crippen molar-refractivity contribution >= 4 is 10.0 Å². The van der Waals surface area contributed by atoms with Crippen LogP contribution in [-0.4, -0.2) is 35.2 Å². The zero-order chi connectivity index (χ0) is 24.2. The van der Waals surface area contributed by atoms with Crippen LogP contribution in [0.15, 0.2) is 59.5 Å². The molecule has 3 aromatic carbocycles. The predicted octanol–water partition coefficient (Wildman–Crippen LogP) is 3.64. The predicted molar refractivity (Wildman–Crippen MR) is 118 cm³/mol. The Morgan fingerprint density at radius 1 is 0.848 bits per heavy atom. The standard InChI is InChI=1S/C23H23F3N2O4S/c1-31-22-8-5-15(11-23(22)32-2)14-3-6-18(7-4-14)33(29,30)28-13-17(27)9-16-10-20(25)21(26)12-19(16)24/h3-8,10-12,17,28H,9,13,27H2,1-2H3/t17-/m1/s1. The lowest BCUT2D eigenvalue weighted by Gasteiger charge is -2.14. The number of nitrogens with one attached hydrogen (secondary N) is 1. The van der Waals surface area contributed by atoms with Crippen LogP contribution in [0.25, 0.3) is 11.1 Å². The fourth-order valence-corrected chi connectivity index (χ4v) is 4.31. The van der Waals surface area contributed by atoms with Gasteiger partial charge in [0.1, 0.15) is 5.82 Å². The number of benzene rings is 3. The third-order valence-electron chi connectivity index (χ3n) is 4.99. The Labute approximate surface area is 190 Å². The Bertz CT molecular complexity index is 1240. The highest BCUT2D eigenvalue weighted by Crippen LogP contribution is 2.32. The van der Waals surface area contributed by atoms with Crippen LogP contribution in [-0.2, 0) is 16.4 Å². The molecular weight excluding hydrogens is 457 g/mol. The maximum atomic E-state index is 13.8. The molecular formula is C23H23F3N2O4S. The van der Waals surface area contributed by atoms with Crippen LogP contribution in [0.3, 0.4) is 0 Å². The molecule has 1 atom stereocenters. The molecule has 33 heavy (non-hydrogen) atoms. The molecule has 3 aromatic rings. The van der Waals surface area contributed by atoms with Crippen molar-refractivity contribution in [1.82, 2.24) is 4.72 Å². The molecule has 6 nitrogen and oxygen atoms in total. The lowest BCUT2D eigenvalue weighted by Crippen LogP contribution is -2.38. The molecule has 3 rings (SSSR count). The Morgan fingerprint density at radius 2 is 1.45 bits per heavy atom. The summed E-state index contributed by atoms with van der Waals surface area (Å²) in [6, 6.07) is 11.8. The van der Waals surface area contributed by atoms with Gasteiger partial charge in [-0.15, -0.1) is 0 Å². The van der Waals surface area contributed by atoms with E-state index in [1.807, 2.05) is 6.07 Å². The van der Waals surface area contributed by atoms with Gasteiger partial charge in [-0.2, -0.15) is 0 Å². The van der Waals surface area contributed by atoms with Gasteiger partial charge in [-0.25, -0.2) is 26.3 Å². The highest BCUT2D eigenvalue weighted by atomic mass is 32.2. The summed E-state index contributed by atoms with van der Waals surface area (Å²) in [7, 11) is -0.843. The molecule has 0 heterocycles. The zero-order valence-corrected chi connectivity index (χ0v) is 18.8. The van der Waals surface area contributed by atoms with E-state index in [-0.39, 0.29) is 23.4 Å². The number of methoxy groups -OCH3 is 2. The van der Waals surface area contributed by atoms with Crippen LogP contribution >= 0.6 is 0 Å². The van der Waals surface area contributed by atoms with Crippen molar-refractivity contribution in [1.29, 1.82) is 0 Å². The molecule has 0 aromatic heterocycles. The van der Waals surface area contributed by atoms with Gasteiger partial charge in [0.2, 0.25) is 10.0 Å². The lowest BCUT2D eigenvalue weighted by molar-refractivity contribution is 0.355. The monoisotopic (exact) mass is 480 g/mol. The van der Waals surface area contributed by atoms with Crippen molar-refractivity contribution in [3.63, 3.8) is 0 Å². The second-order valence-electron chi connectivity index (χ2n) is 7.27. The van der Waals surface area contributed by atoms with Gasteiger partial charge in [0.25, 0.3) is 0 Å². The van der Waals surface area contributed by atoms with E-state index in [2.05, 4.69) is 4.72 Å². The number of sulfonamides is 1. The van der Waals surface area contributed by atoms with Gasteiger partial charge in [-0.3, -0.25) is 0 Å². The molecule has 0 spiro atoms. The highest BCUT2D eigenvalue weighted by Gasteiger charge is 2.18. The van der Waals surface area contributed by atoms with Crippen molar-refractivity contribution in [3.05, 3.63) is 77.6 Å². The van der Waals surface area contributed by atoms with E-state index in [9.17, 15) is 21.6 Å². The third kappa shape index (κ3) is 5.84. The number of rotatable bonds is 9. The van der Waals surface area contributed by atoms with Gasteiger partial charge in [0.05, 0.1) is 19.1 Å². The molecule has 0 fully saturated rings. The summed E-state index contributed by atoms with van der Waals surface area (Å²) in [6.45, 7) is -0.224. The summed E-state index contributed by atoms with van der Waals surface area (Å²) >= 11 is 0. The lowest BCUT2D eigenvalue weighted by atomic mass is 10.1. The summed E-state index contributed by atoms with van der Waals surface area (Å²) in [5.41, 5.74) is 7.30. The van der Waals surface area contributed by atoms with Gasteiger partial charge in [-0.05, 0) is 53.4 Å². The van der Waals surface area contributed by atoms with Gasteiger partial charge >= 0.3 is 0 Å². The molecule has 0 unspecified atom stereocenters. The molecule has 0 aliphatic carbocycles. The summed E-state index contributed by atoms with van der Waals surface area (Å²) < 4.78 is 78.2. The summed E-state index contributed by atoms with van der Waals surface area (Å²) in [4.78, 5) is 0.0120. The Kier molecular flexibility index (Phi) is 7.62. The Balaban J connectivity index is 1.68. The molecule has 176 valence electrons. The van der Waals surface area contributed by atoms with Crippen molar-refractivity contribution in [2.75, 3.05) is 20.8 Å². The second-order valence-corrected chi connectivity index (χ2v) is 9.03. The topological polar surface area (TPSA) is 90.7 Å². The zero-order valence-electron chi connectivity index (χ0n) is 17.9. The fraction of sp³-hybridized carbons (Fsp3) is 0.217. The summed E-state index contributed by atoms with van der Waals surface area (Å²) in [5.74, 6) is -2.34. The third-order valence-corrected chi connectivity index (χ3v) is 6.43. The first-order chi connectivity index (χ1) is 15.6. The van der Waals surface area contributed by atoms with E-state index in [1.165, 1.54) is 26.4 Å². The van der Waals surface area contributed by atoms with E-state index in [0.29, 0.717) is 23.6 Å². The summed E-state index contributed by atoms with van der Waals surface area (Å²) in [5, 5.41) is 0. The van der Waals surface area contributed by atoms with Crippen LogP contribution in [0.1, 0.15) is 5.56 Å². The summed E-state index contributed by atoms with van der Waals surface area (Å²) in [6.07, 6.45) is -0.177. The molecule has 0 aliphatic heterocycles. The van der Waals surface area contributed by atoms with Crippen molar-refractivity contribution < 1.29 is 31.1 Å². The SMILES string of the molecule is COc1ccc(-c2ccc(S(=O)(=O)NC[C@H](N)Cc3cc(F)c(F)cc3F)cc2)cc1OC. The van der Waals surface area contributed by atoms with Crippen LogP contribution in [0.5, 0.6) is 11.5 Å². The van der Waals surface area contributed by atoms with Crippen LogP contribution in [0, 0.1) is 17.5 Å². The van der Waals surface area contributed by atoms with Gasteiger partial charge in [-0.1, -0.05) is 18.2 Å². The molecule has 0 saturated heterocycles. The van der Waals surface area contributed by atoms with E-state index in [1.54, 1.807) is 24.3 Å². The highest BCUT2D eigenvalue weighted by molar-refractivity contribution is 7.89. The maximum absolute atomic E-state index is 13.8. The minimum absolute atomic E-state index is 0.0120. The second kappa shape index (κ2) is 10.2. The molecule has 0 aliphatic rings. The first kappa shape index (κ1) is 24.6. The minimum Gasteiger partial charge on any atom is -0.493 e. The average molecular weight is 481 g/mol.